The van der Waals surface area contributed by atoms with Gasteiger partial charge in [-0.15, -0.1) is 12.4 Å². The van der Waals surface area contributed by atoms with E-state index in [4.69, 9.17) is 5.73 Å². The van der Waals surface area contributed by atoms with Crippen molar-refractivity contribution in [3.05, 3.63) is 30.1 Å². The highest BCUT2D eigenvalue weighted by atomic mass is 35.5. The van der Waals surface area contributed by atoms with Crippen molar-refractivity contribution in [1.82, 2.24) is 9.88 Å². The summed E-state index contributed by atoms with van der Waals surface area (Å²) in [4.78, 5) is 18.3. The molecule has 5 heteroatoms. The van der Waals surface area contributed by atoms with Gasteiger partial charge in [0.25, 0.3) is 0 Å². The zero-order chi connectivity index (χ0) is 13.0. The van der Waals surface area contributed by atoms with E-state index in [0.29, 0.717) is 6.42 Å². The first-order valence-electron chi connectivity index (χ1n) is 6.62. The number of amides is 1. The van der Waals surface area contributed by atoms with Gasteiger partial charge in [0.15, 0.2) is 0 Å². The first-order chi connectivity index (χ1) is 8.68. The summed E-state index contributed by atoms with van der Waals surface area (Å²) in [6, 6.07) is 4.04. The van der Waals surface area contributed by atoms with E-state index in [9.17, 15) is 4.79 Å². The van der Waals surface area contributed by atoms with E-state index in [1.165, 1.54) is 6.42 Å². The van der Waals surface area contributed by atoms with Crippen molar-refractivity contribution in [1.29, 1.82) is 0 Å². The molecule has 0 aromatic carbocycles. The summed E-state index contributed by atoms with van der Waals surface area (Å²) >= 11 is 0. The lowest BCUT2D eigenvalue weighted by Gasteiger charge is -2.38. The number of carbonyl (C=O) groups excluding carboxylic acids is 1. The van der Waals surface area contributed by atoms with Gasteiger partial charge in [0.05, 0.1) is 6.42 Å². The molecule has 0 radical (unpaired) electrons. The molecule has 1 aromatic heterocycles. The van der Waals surface area contributed by atoms with Crippen molar-refractivity contribution in [3.63, 3.8) is 0 Å². The minimum atomic E-state index is 0. The lowest BCUT2D eigenvalue weighted by atomic mass is 9.96. The molecule has 0 saturated carbocycles. The van der Waals surface area contributed by atoms with E-state index in [0.717, 1.165) is 24.9 Å². The summed E-state index contributed by atoms with van der Waals surface area (Å²) in [5.41, 5.74) is 6.95. The number of hydrogen-bond donors (Lipinski definition) is 1. The summed E-state index contributed by atoms with van der Waals surface area (Å²) in [5, 5.41) is 0. The van der Waals surface area contributed by atoms with Crippen LogP contribution in [-0.2, 0) is 11.2 Å². The third-order valence-corrected chi connectivity index (χ3v) is 3.55. The molecule has 1 saturated heterocycles. The second kappa shape index (κ2) is 7.46. The minimum absolute atomic E-state index is 0. The molecule has 1 amide bonds. The van der Waals surface area contributed by atoms with Crippen molar-refractivity contribution < 1.29 is 4.79 Å². The molecule has 1 aromatic rings. The molecule has 2 rings (SSSR count). The number of carbonyl (C=O) groups is 1. The predicted octanol–water partition coefficient (Wildman–Crippen LogP) is 1.77. The maximum atomic E-state index is 12.3. The molecule has 1 fully saturated rings. The van der Waals surface area contributed by atoms with Crippen LogP contribution in [0.25, 0.3) is 0 Å². The molecule has 106 valence electrons. The Kier molecular flexibility index (Phi) is 6.25. The Labute approximate surface area is 120 Å². The zero-order valence-corrected chi connectivity index (χ0v) is 12.1. The SMILES string of the molecule is CC(N)C1CCCCN1C(=O)Cc1cccnc1.Cl. The number of aromatic nitrogens is 1. The van der Waals surface area contributed by atoms with E-state index in [2.05, 4.69) is 4.98 Å². The number of pyridine rings is 1. The van der Waals surface area contributed by atoms with Crippen LogP contribution in [0.2, 0.25) is 0 Å². The molecular weight excluding hydrogens is 262 g/mol. The van der Waals surface area contributed by atoms with Gasteiger partial charge in [0.2, 0.25) is 5.91 Å². The van der Waals surface area contributed by atoms with Gasteiger partial charge in [-0.2, -0.15) is 0 Å². The van der Waals surface area contributed by atoms with Gasteiger partial charge in [-0.05, 0) is 37.8 Å². The summed E-state index contributed by atoms with van der Waals surface area (Å²) in [5.74, 6) is 0.171. The molecule has 2 atom stereocenters. The van der Waals surface area contributed by atoms with Gasteiger partial charge in [-0.3, -0.25) is 9.78 Å². The molecule has 1 aliphatic rings. The summed E-state index contributed by atoms with van der Waals surface area (Å²) in [6.45, 7) is 2.83. The van der Waals surface area contributed by atoms with Gasteiger partial charge in [0.1, 0.15) is 0 Å². The maximum Gasteiger partial charge on any atom is 0.227 e. The average molecular weight is 284 g/mol. The second-order valence-corrected chi connectivity index (χ2v) is 5.05. The number of halogens is 1. The van der Waals surface area contributed by atoms with Crippen LogP contribution in [-0.4, -0.2) is 34.4 Å². The quantitative estimate of drug-likeness (QED) is 0.920. The lowest BCUT2D eigenvalue weighted by Crippen LogP contribution is -2.52. The number of nitrogens with two attached hydrogens (primary N) is 1. The maximum absolute atomic E-state index is 12.3. The van der Waals surface area contributed by atoms with E-state index in [1.54, 1.807) is 12.4 Å². The smallest absolute Gasteiger partial charge is 0.227 e. The molecule has 2 N–H and O–H groups in total. The predicted molar refractivity (Wildman–Crippen MR) is 78.2 cm³/mol. The van der Waals surface area contributed by atoms with Gasteiger partial charge in [-0.25, -0.2) is 0 Å². The summed E-state index contributed by atoms with van der Waals surface area (Å²) < 4.78 is 0. The molecule has 0 aliphatic carbocycles. The van der Waals surface area contributed by atoms with Gasteiger partial charge in [-0.1, -0.05) is 6.07 Å². The second-order valence-electron chi connectivity index (χ2n) is 5.05. The molecule has 0 spiro atoms. The van der Waals surface area contributed by atoms with Crippen LogP contribution in [0.15, 0.2) is 24.5 Å². The van der Waals surface area contributed by atoms with Crippen LogP contribution in [0.3, 0.4) is 0 Å². The Hall–Kier alpha value is -1.13. The average Bonchev–Trinajstić information content (AvgIpc) is 2.40. The molecule has 19 heavy (non-hydrogen) atoms. The Balaban J connectivity index is 0.00000180. The molecular formula is C14H22ClN3O. The van der Waals surface area contributed by atoms with Crippen LogP contribution >= 0.6 is 12.4 Å². The van der Waals surface area contributed by atoms with Crippen LogP contribution in [0.1, 0.15) is 31.7 Å². The Morgan fingerprint density at radius 2 is 2.37 bits per heavy atom. The molecule has 1 aliphatic heterocycles. The van der Waals surface area contributed by atoms with Crippen molar-refractivity contribution >= 4 is 18.3 Å². The first-order valence-corrected chi connectivity index (χ1v) is 6.62. The molecule has 2 unspecified atom stereocenters. The van der Waals surface area contributed by atoms with Crippen LogP contribution < -0.4 is 5.73 Å². The summed E-state index contributed by atoms with van der Waals surface area (Å²) in [6.07, 6.45) is 7.18. The van der Waals surface area contributed by atoms with Gasteiger partial charge in [0, 0.05) is 31.0 Å². The highest BCUT2D eigenvalue weighted by Gasteiger charge is 2.28. The fourth-order valence-corrected chi connectivity index (χ4v) is 2.59. The highest BCUT2D eigenvalue weighted by Crippen LogP contribution is 2.20. The number of hydrogen-bond acceptors (Lipinski definition) is 3. The number of nitrogens with zero attached hydrogens (tertiary/aromatic N) is 2. The third kappa shape index (κ3) is 4.18. The lowest BCUT2D eigenvalue weighted by molar-refractivity contribution is -0.134. The van der Waals surface area contributed by atoms with Gasteiger partial charge < -0.3 is 10.6 Å². The van der Waals surface area contributed by atoms with Crippen LogP contribution in [0, 0.1) is 0 Å². The van der Waals surface area contributed by atoms with E-state index in [1.807, 2.05) is 24.0 Å². The molecule has 4 nitrogen and oxygen atoms in total. The molecule has 2 heterocycles. The van der Waals surface area contributed by atoms with Crippen molar-refractivity contribution in [2.24, 2.45) is 5.73 Å². The highest BCUT2D eigenvalue weighted by molar-refractivity contribution is 5.85. The Morgan fingerprint density at radius 1 is 1.58 bits per heavy atom. The van der Waals surface area contributed by atoms with E-state index < -0.39 is 0 Å². The fourth-order valence-electron chi connectivity index (χ4n) is 2.59. The van der Waals surface area contributed by atoms with Crippen LogP contribution in [0.5, 0.6) is 0 Å². The Morgan fingerprint density at radius 3 is 3.00 bits per heavy atom. The fraction of sp³-hybridized carbons (Fsp3) is 0.571. The van der Waals surface area contributed by atoms with Crippen molar-refractivity contribution in [2.45, 2.75) is 44.7 Å². The normalized spacial score (nSPS) is 20.5. The minimum Gasteiger partial charge on any atom is -0.338 e. The Bertz CT molecular complexity index is 397. The first kappa shape index (κ1) is 15.9. The number of likely N-dealkylation sites (tertiary alicyclic amines) is 1. The van der Waals surface area contributed by atoms with E-state index >= 15 is 0 Å². The van der Waals surface area contributed by atoms with E-state index in [-0.39, 0.29) is 30.4 Å². The standard InChI is InChI=1S/C14H21N3O.ClH/c1-11(15)13-6-2-3-8-17(13)14(18)9-12-5-4-7-16-10-12;/h4-5,7,10-11,13H,2-3,6,8-9,15H2,1H3;1H. The van der Waals surface area contributed by atoms with Gasteiger partial charge >= 0.3 is 0 Å². The van der Waals surface area contributed by atoms with Crippen molar-refractivity contribution in [2.75, 3.05) is 6.54 Å². The summed E-state index contributed by atoms with van der Waals surface area (Å²) in [7, 11) is 0. The van der Waals surface area contributed by atoms with Crippen molar-refractivity contribution in [3.8, 4) is 0 Å². The number of piperidine rings is 1. The topological polar surface area (TPSA) is 59.2 Å². The largest absolute Gasteiger partial charge is 0.338 e. The number of rotatable bonds is 3. The molecule has 0 bridgehead atoms. The van der Waals surface area contributed by atoms with Crippen LogP contribution in [0.4, 0.5) is 0 Å². The monoisotopic (exact) mass is 283 g/mol. The third-order valence-electron chi connectivity index (χ3n) is 3.55. The zero-order valence-electron chi connectivity index (χ0n) is 11.3.